The second-order valence-corrected chi connectivity index (χ2v) is 4.12. The summed E-state index contributed by atoms with van der Waals surface area (Å²) in [7, 11) is 1.62. The second kappa shape index (κ2) is 6.48. The van der Waals surface area contributed by atoms with Crippen molar-refractivity contribution in [1.82, 2.24) is 10.2 Å². The number of aliphatic hydroxyl groups is 1. The van der Waals surface area contributed by atoms with E-state index in [4.69, 9.17) is 5.11 Å². The minimum absolute atomic E-state index is 0.0136. The van der Waals surface area contributed by atoms with Crippen LogP contribution in [0.5, 0.6) is 0 Å². The first-order chi connectivity index (χ1) is 7.69. The number of hydrogen-bond acceptors (Lipinski definition) is 3. The molecule has 5 heteroatoms. The van der Waals surface area contributed by atoms with Crippen LogP contribution in [0.15, 0.2) is 0 Å². The molecule has 0 radical (unpaired) electrons. The smallest absolute Gasteiger partial charge is 0.224 e. The van der Waals surface area contributed by atoms with Crippen molar-refractivity contribution in [1.29, 1.82) is 0 Å². The third kappa shape index (κ3) is 3.48. The van der Waals surface area contributed by atoms with Gasteiger partial charge >= 0.3 is 0 Å². The third-order valence-corrected chi connectivity index (χ3v) is 2.94. The summed E-state index contributed by atoms with van der Waals surface area (Å²) < 4.78 is 0. The minimum atomic E-state index is -0.0724. The van der Waals surface area contributed by atoms with Crippen LogP contribution >= 0.6 is 0 Å². The number of aliphatic hydroxyl groups excluding tert-OH is 1. The molecule has 92 valence electrons. The molecule has 2 N–H and O–H groups in total. The van der Waals surface area contributed by atoms with Crippen molar-refractivity contribution >= 4 is 11.8 Å². The molecule has 1 heterocycles. The van der Waals surface area contributed by atoms with Crippen LogP contribution in [0, 0.1) is 5.92 Å². The molecule has 0 aliphatic carbocycles. The molecule has 5 nitrogen and oxygen atoms in total. The first kappa shape index (κ1) is 13.0. The summed E-state index contributed by atoms with van der Waals surface area (Å²) in [6.07, 6.45) is 2.60. The van der Waals surface area contributed by atoms with Gasteiger partial charge in [0.05, 0.1) is 5.92 Å². The lowest BCUT2D eigenvalue weighted by molar-refractivity contribution is -0.135. The van der Waals surface area contributed by atoms with E-state index in [9.17, 15) is 9.59 Å². The molecule has 0 bridgehead atoms. The van der Waals surface area contributed by atoms with E-state index in [1.54, 1.807) is 11.9 Å². The van der Waals surface area contributed by atoms with Crippen LogP contribution < -0.4 is 5.32 Å². The molecule has 0 spiro atoms. The molecule has 1 aliphatic rings. The first-order valence-corrected chi connectivity index (χ1v) is 5.79. The van der Waals surface area contributed by atoms with Gasteiger partial charge in [0, 0.05) is 33.2 Å². The zero-order valence-electron chi connectivity index (χ0n) is 9.74. The molecule has 0 saturated carbocycles. The van der Waals surface area contributed by atoms with Gasteiger partial charge in [-0.15, -0.1) is 0 Å². The Kier molecular flexibility index (Phi) is 5.25. The molecule has 16 heavy (non-hydrogen) atoms. The normalized spacial score (nSPS) is 20.6. The number of carbonyl (C=O) groups excluding carboxylic acids is 2. The molecular weight excluding hydrogens is 208 g/mol. The summed E-state index contributed by atoms with van der Waals surface area (Å²) in [6, 6.07) is 0. The minimum Gasteiger partial charge on any atom is -0.396 e. The Morgan fingerprint density at radius 3 is 2.88 bits per heavy atom. The summed E-state index contributed by atoms with van der Waals surface area (Å²) in [5, 5.41) is 11.3. The molecule has 1 aliphatic heterocycles. The maximum absolute atomic E-state index is 11.7. The van der Waals surface area contributed by atoms with Crippen molar-refractivity contribution in [2.24, 2.45) is 5.92 Å². The van der Waals surface area contributed by atoms with E-state index in [1.807, 2.05) is 0 Å². The molecular formula is C11H20N2O3. The van der Waals surface area contributed by atoms with Gasteiger partial charge in [0.1, 0.15) is 0 Å². The quantitative estimate of drug-likeness (QED) is 0.696. The van der Waals surface area contributed by atoms with Gasteiger partial charge in [0.2, 0.25) is 11.8 Å². The van der Waals surface area contributed by atoms with Crippen LogP contribution in [0.4, 0.5) is 0 Å². The number of carbonyl (C=O) groups is 2. The summed E-state index contributed by atoms with van der Waals surface area (Å²) in [4.78, 5) is 24.9. The van der Waals surface area contributed by atoms with E-state index in [-0.39, 0.29) is 24.3 Å². The molecule has 0 aromatic heterocycles. The predicted molar refractivity (Wildman–Crippen MR) is 59.7 cm³/mol. The summed E-state index contributed by atoms with van der Waals surface area (Å²) >= 11 is 0. The highest BCUT2D eigenvalue weighted by atomic mass is 16.3. The van der Waals surface area contributed by atoms with Crippen molar-refractivity contribution < 1.29 is 14.7 Å². The van der Waals surface area contributed by atoms with Gasteiger partial charge in [-0.3, -0.25) is 9.59 Å². The second-order valence-electron chi connectivity index (χ2n) is 4.12. The predicted octanol–water partition coefficient (Wildman–Crippen LogP) is -0.257. The average molecular weight is 228 g/mol. The lowest BCUT2D eigenvalue weighted by Crippen LogP contribution is -2.44. The van der Waals surface area contributed by atoms with E-state index in [0.29, 0.717) is 19.4 Å². The Hall–Kier alpha value is -1.10. The Labute approximate surface area is 95.8 Å². The maximum atomic E-state index is 11.7. The van der Waals surface area contributed by atoms with Crippen LogP contribution in [0.25, 0.3) is 0 Å². The van der Waals surface area contributed by atoms with Gasteiger partial charge < -0.3 is 15.3 Å². The van der Waals surface area contributed by atoms with E-state index < -0.39 is 0 Å². The van der Waals surface area contributed by atoms with Crippen molar-refractivity contribution in [3.63, 3.8) is 0 Å². The number of hydrogen-bond donors (Lipinski definition) is 2. The number of nitrogens with zero attached hydrogens (tertiary/aromatic N) is 1. The summed E-state index contributed by atoms with van der Waals surface area (Å²) in [5.41, 5.74) is 0. The Morgan fingerprint density at radius 2 is 2.25 bits per heavy atom. The summed E-state index contributed by atoms with van der Waals surface area (Å²) in [5.74, 6) is -0.0147. The molecule has 1 unspecified atom stereocenters. The van der Waals surface area contributed by atoms with Gasteiger partial charge in [-0.2, -0.15) is 0 Å². The monoisotopic (exact) mass is 228 g/mol. The zero-order chi connectivity index (χ0) is 12.0. The first-order valence-electron chi connectivity index (χ1n) is 5.79. The summed E-state index contributed by atoms with van der Waals surface area (Å²) in [6.45, 7) is 1.29. The highest BCUT2D eigenvalue weighted by Crippen LogP contribution is 2.17. The van der Waals surface area contributed by atoms with Crippen molar-refractivity contribution in [2.75, 3.05) is 26.7 Å². The van der Waals surface area contributed by atoms with Crippen molar-refractivity contribution in [2.45, 2.75) is 25.7 Å². The van der Waals surface area contributed by atoms with Crippen molar-refractivity contribution in [3.8, 4) is 0 Å². The molecule has 0 aromatic rings. The van der Waals surface area contributed by atoms with E-state index in [1.165, 1.54) is 0 Å². The SMILES string of the molecule is CNC(=O)C1CCCN(C(=O)CCCO)C1. The van der Waals surface area contributed by atoms with Gasteiger partial charge in [-0.05, 0) is 19.3 Å². The van der Waals surface area contributed by atoms with Crippen LogP contribution in [0.3, 0.4) is 0 Å². The molecule has 1 atom stereocenters. The number of likely N-dealkylation sites (tertiary alicyclic amines) is 1. The molecule has 0 aromatic carbocycles. The lowest BCUT2D eigenvalue weighted by Gasteiger charge is -2.31. The molecule has 1 saturated heterocycles. The Bertz CT molecular complexity index is 256. The third-order valence-electron chi connectivity index (χ3n) is 2.94. The standard InChI is InChI=1S/C11H20N2O3/c1-12-11(16)9-4-2-6-13(8-9)10(15)5-3-7-14/h9,14H,2-8H2,1H3,(H,12,16). The number of rotatable bonds is 4. The number of piperidine rings is 1. The largest absolute Gasteiger partial charge is 0.396 e. The maximum Gasteiger partial charge on any atom is 0.224 e. The van der Waals surface area contributed by atoms with Gasteiger partial charge in [0.15, 0.2) is 0 Å². The van der Waals surface area contributed by atoms with Gasteiger partial charge in [-0.1, -0.05) is 0 Å². The van der Waals surface area contributed by atoms with E-state index >= 15 is 0 Å². The van der Waals surface area contributed by atoms with Crippen LogP contribution in [-0.2, 0) is 9.59 Å². The molecule has 2 amide bonds. The van der Waals surface area contributed by atoms with Crippen LogP contribution in [-0.4, -0.2) is 48.6 Å². The number of amides is 2. The Morgan fingerprint density at radius 1 is 1.50 bits per heavy atom. The average Bonchev–Trinajstić information content (AvgIpc) is 2.35. The van der Waals surface area contributed by atoms with Crippen molar-refractivity contribution in [3.05, 3.63) is 0 Å². The Balaban J connectivity index is 2.43. The highest BCUT2D eigenvalue weighted by Gasteiger charge is 2.27. The zero-order valence-corrected chi connectivity index (χ0v) is 9.74. The fraction of sp³-hybridized carbons (Fsp3) is 0.818. The van der Waals surface area contributed by atoms with Crippen LogP contribution in [0.2, 0.25) is 0 Å². The van der Waals surface area contributed by atoms with Gasteiger partial charge in [0.25, 0.3) is 0 Å². The topological polar surface area (TPSA) is 69.6 Å². The number of nitrogens with one attached hydrogen (secondary N) is 1. The fourth-order valence-electron chi connectivity index (χ4n) is 2.01. The van der Waals surface area contributed by atoms with Gasteiger partial charge in [-0.25, -0.2) is 0 Å². The van der Waals surface area contributed by atoms with E-state index in [2.05, 4.69) is 5.32 Å². The van der Waals surface area contributed by atoms with E-state index in [0.717, 1.165) is 19.4 Å². The fourth-order valence-corrected chi connectivity index (χ4v) is 2.01. The lowest BCUT2D eigenvalue weighted by atomic mass is 9.97. The van der Waals surface area contributed by atoms with Crippen LogP contribution in [0.1, 0.15) is 25.7 Å². The molecule has 1 fully saturated rings. The molecule has 1 rings (SSSR count). The highest BCUT2D eigenvalue weighted by molar-refractivity contribution is 5.81.